The molecule has 3 rings (SSSR count). The normalized spacial score (nSPS) is 15.8. The van der Waals surface area contributed by atoms with Crippen LogP contribution in [0, 0.1) is 0 Å². The fraction of sp³-hybridized carbons (Fsp3) is 0.591. The molecule has 0 spiro atoms. The van der Waals surface area contributed by atoms with Gasteiger partial charge in [-0.05, 0) is 32.9 Å². The highest BCUT2D eigenvalue weighted by Crippen LogP contribution is 2.35. The van der Waals surface area contributed by atoms with E-state index >= 15 is 0 Å². The molecule has 0 saturated heterocycles. The molecule has 8 heteroatoms. The van der Waals surface area contributed by atoms with E-state index in [1.54, 1.807) is 0 Å². The number of rotatable bonds is 9. The van der Waals surface area contributed by atoms with Crippen LogP contribution in [0.15, 0.2) is 21.6 Å². The quantitative estimate of drug-likeness (QED) is 0.480. The highest BCUT2D eigenvalue weighted by molar-refractivity contribution is 5.79. The van der Waals surface area contributed by atoms with E-state index in [1.165, 1.54) is 5.56 Å². The highest BCUT2D eigenvalue weighted by Gasteiger charge is 2.21. The molecule has 0 amide bonds. The number of fused-ring (bicyclic) bond motifs is 1. The third-order valence-electron chi connectivity index (χ3n) is 4.76. The summed E-state index contributed by atoms with van der Waals surface area (Å²) in [5.41, 5.74) is 2.21. The van der Waals surface area contributed by atoms with E-state index in [1.807, 2.05) is 27.7 Å². The standard InChI is InChI=1S/C22H33N5O3/c1-6-23-22(24-9-8-20-26-21(14(3)4)27-30-20)25-13-17-12-19-16(10-15(5)29-19)11-18(17)28-7-2/h11-12,14-15H,6-10,13H2,1-5H3,(H2,23,24,25). The van der Waals surface area contributed by atoms with E-state index in [0.717, 1.165) is 41.8 Å². The van der Waals surface area contributed by atoms with E-state index in [0.29, 0.717) is 32.0 Å². The lowest BCUT2D eigenvalue weighted by molar-refractivity contribution is 0.254. The van der Waals surface area contributed by atoms with Crippen LogP contribution in [0.3, 0.4) is 0 Å². The Morgan fingerprint density at radius 2 is 2.13 bits per heavy atom. The third-order valence-corrected chi connectivity index (χ3v) is 4.76. The van der Waals surface area contributed by atoms with Crippen molar-refractivity contribution in [2.75, 3.05) is 19.7 Å². The lowest BCUT2D eigenvalue weighted by Gasteiger charge is -2.13. The van der Waals surface area contributed by atoms with Crippen LogP contribution in [0.4, 0.5) is 0 Å². The number of aliphatic imine (C=N–C) groups is 1. The number of nitrogens with one attached hydrogen (secondary N) is 2. The van der Waals surface area contributed by atoms with Gasteiger partial charge in [0.25, 0.3) is 0 Å². The second-order valence-electron chi connectivity index (χ2n) is 7.71. The molecule has 0 aliphatic carbocycles. The van der Waals surface area contributed by atoms with Gasteiger partial charge < -0.3 is 24.6 Å². The lowest BCUT2D eigenvalue weighted by atomic mass is 10.1. The molecule has 0 saturated carbocycles. The van der Waals surface area contributed by atoms with Gasteiger partial charge in [-0.15, -0.1) is 0 Å². The van der Waals surface area contributed by atoms with Gasteiger partial charge in [0.15, 0.2) is 11.8 Å². The van der Waals surface area contributed by atoms with Gasteiger partial charge in [0.2, 0.25) is 5.89 Å². The van der Waals surface area contributed by atoms with E-state index in [-0.39, 0.29) is 12.0 Å². The van der Waals surface area contributed by atoms with Gasteiger partial charge in [0, 0.05) is 43.0 Å². The van der Waals surface area contributed by atoms with Crippen LogP contribution in [0.2, 0.25) is 0 Å². The summed E-state index contributed by atoms with van der Waals surface area (Å²) < 4.78 is 17.1. The molecule has 0 bridgehead atoms. The third kappa shape index (κ3) is 5.64. The zero-order valence-electron chi connectivity index (χ0n) is 18.6. The topological polar surface area (TPSA) is 93.8 Å². The van der Waals surface area contributed by atoms with Gasteiger partial charge in [-0.25, -0.2) is 4.99 Å². The fourth-order valence-electron chi connectivity index (χ4n) is 3.29. The lowest BCUT2D eigenvalue weighted by Crippen LogP contribution is -2.38. The molecule has 1 aromatic carbocycles. The molecular formula is C22H33N5O3. The Bertz CT molecular complexity index is 862. The monoisotopic (exact) mass is 415 g/mol. The number of guanidine groups is 1. The van der Waals surface area contributed by atoms with Gasteiger partial charge in [-0.3, -0.25) is 0 Å². The largest absolute Gasteiger partial charge is 0.494 e. The summed E-state index contributed by atoms with van der Waals surface area (Å²) in [6.07, 6.45) is 1.75. The molecule has 2 heterocycles. The van der Waals surface area contributed by atoms with Crippen molar-refractivity contribution < 1.29 is 14.0 Å². The Hall–Kier alpha value is -2.77. The molecule has 1 atom stereocenters. The van der Waals surface area contributed by atoms with Crippen LogP contribution in [0.1, 0.15) is 63.4 Å². The Morgan fingerprint density at radius 1 is 1.30 bits per heavy atom. The average molecular weight is 416 g/mol. The molecule has 8 nitrogen and oxygen atoms in total. The summed E-state index contributed by atoms with van der Waals surface area (Å²) >= 11 is 0. The van der Waals surface area contributed by atoms with Gasteiger partial charge in [0.05, 0.1) is 13.2 Å². The molecule has 2 N–H and O–H groups in total. The van der Waals surface area contributed by atoms with Crippen LogP contribution >= 0.6 is 0 Å². The fourth-order valence-corrected chi connectivity index (χ4v) is 3.29. The summed E-state index contributed by atoms with van der Waals surface area (Å²) in [7, 11) is 0. The Labute approximate surface area is 178 Å². The van der Waals surface area contributed by atoms with Gasteiger partial charge in [-0.2, -0.15) is 4.98 Å². The zero-order valence-corrected chi connectivity index (χ0v) is 18.6. The molecule has 1 aromatic heterocycles. The van der Waals surface area contributed by atoms with E-state index in [4.69, 9.17) is 19.0 Å². The summed E-state index contributed by atoms with van der Waals surface area (Å²) in [5, 5.41) is 10.6. The number of nitrogens with zero attached hydrogens (tertiary/aromatic N) is 3. The predicted molar refractivity (Wildman–Crippen MR) is 116 cm³/mol. The number of hydrogen-bond acceptors (Lipinski definition) is 6. The number of benzene rings is 1. The number of ether oxygens (including phenoxy) is 2. The Balaban J connectivity index is 1.64. The molecule has 30 heavy (non-hydrogen) atoms. The minimum absolute atomic E-state index is 0.202. The van der Waals surface area contributed by atoms with Crippen LogP contribution < -0.4 is 20.1 Å². The van der Waals surface area contributed by atoms with Crippen molar-refractivity contribution in [3.8, 4) is 11.5 Å². The predicted octanol–water partition coefficient (Wildman–Crippen LogP) is 3.21. The molecule has 0 fully saturated rings. The summed E-state index contributed by atoms with van der Waals surface area (Å²) in [6.45, 7) is 12.7. The van der Waals surface area contributed by atoms with Gasteiger partial charge >= 0.3 is 0 Å². The Morgan fingerprint density at radius 3 is 2.83 bits per heavy atom. The first-order valence-electron chi connectivity index (χ1n) is 10.8. The molecular weight excluding hydrogens is 382 g/mol. The first kappa shape index (κ1) is 21.9. The van der Waals surface area contributed by atoms with Crippen molar-refractivity contribution in [3.63, 3.8) is 0 Å². The summed E-state index contributed by atoms with van der Waals surface area (Å²) in [6, 6.07) is 4.15. The summed E-state index contributed by atoms with van der Waals surface area (Å²) in [4.78, 5) is 9.14. The van der Waals surface area contributed by atoms with Crippen molar-refractivity contribution in [2.24, 2.45) is 4.99 Å². The van der Waals surface area contributed by atoms with Crippen LogP contribution in [-0.4, -0.2) is 41.9 Å². The van der Waals surface area contributed by atoms with E-state index in [2.05, 4.69) is 39.8 Å². The highest BCUT2D eigenvalue weighted by atomic mass is 16.5. The number of hydrogen-bond donors (Lipinski definition) is 2. The first-order valence-corrected chi connectivity index (χ1v) is 10.8. The molecule has 0 radical (unpaired) electrons. The van der Waals surface area contributed by atoms with Crippen molar-refractivity contribution in [3.05, 3.63) is 35.0 Å². The minimum atomic E-state index is 0.202. The smallest absolute Gasteiger partial charge is 0.228 e. The van der Waals surface area contributed by atoms with Crippen LogP contribution in [0.5, 0.6) is 11.5 Å². The molecule has 1 aliphatic heterocycles. The summed E-state index contributed by atoms with van der Waals surface area (Å²) in [5.74, 6) is 4.17. The van der Waals surface area contributed by atoms with E-state index < -0.39 is 0 Å². The van der Waals surface area contributed by atoms with Crippen LogP contribution in [-0.2, 0) is 19.4 Å². The molecule has 1 aliphatic rings. The second-order valence-corrected chi connectivity index (χ2v) is 7.71. The SMILES string of the molecule is CCNC(=NCc1cc2c(cc1OCC)CC(C)O2)NCCc1nc(C(C)C)no1. The average Bonchev–Trinajstić information content (AvgIpc) is 3.31. The molecule has 2 aromatic rings. The maximum Gasteiger partial charge on any atom is 0.228 e. The van der Waals surface area contributed by atoms with Crippen molar-refractivity contribution in [1.82, 2.24) is 20.8 Å². The maximum absolute atomic E-state index is 5.91. The molecule has 164 valence electrons. The van der Waals surface area contributed by atoms with Gasteiger partial charge in [0.1, 0.15) is 17.6 Å². The van der Waals surface area contributed by atoms with Crippen LogP contribution in [0.25, 0.3) is 0 Å². The second kappa shape index (κ2) is 10.3. The van der Waals surface area contributed by atoms with Crippen molar-refractivity contribution >= 4 is 5.96 Å². The first-order chi connectivity index (χ1) is 14.5. The van der Waals surface area contributed by atoms with Crippen molar-refractivity contribution in [1.29, 1.82) is 0 Å². The zero-order chi connectivity index (χ0) is 21.5. The maximum atomic E-state index is 5.91. The van der Waals surface area contributed by atoms with Crippen molar-refractivity contribution in [2.45, 2.75) is 66.0 Å². The van der Waals surface area contributed by atoms with E-state index in [9.17, 15) is 0 Å². The molecule has 1 unspecified atom stereocenters. The minimum Gasteiger partial charge on any atom is -0.494 e. The number of aromatic nitrogens is 2. The Kier molecular flexibility index (Phi) is 7.54. The van der Waals surface area contributed by atoms with Gasteiger partial charge in [-0.1, -0.05) is 19.0 Å².